The summed E-state index contributed by atoms with van der Waals surface area (Å²) in [6.07, 6.45) is 4.70. The summed E-state index contributed by atoms with van der Waals surface area (Å²) in [7, 11) is 3.95. The first-order valence-corrected chi connectivity index (χ1v) is 14.5. The number of amides is 1. The van der Waals surface area contributed by atoms with Crippen molar-refractivity contribution in [2.75, 3.05) is 37.8 Å². The van der Waals surface area contributed by atoms with Crippen molar-refractivity contribution in [3.8, 4) is 33.9 Å². The van der Waals surface area contributed by atoms with E-state index >= 15 is 4.39 Å². The lowest BCUT2D eigenvalue weighted by molar-refractivity contribution is -0.123. The van der Waals surface area contributed by atoms with Gasteiger partial charge in [0.05, 0.1) is 28.6 Å². The molecular weight excluding hydrogens is 576 g/mol. The number of hydrogen-bond donors (Lipinski definition) is 4. The Balaban J connectivity index is 1.37. The fourth-order valence-electron chi connectivity index (χ4n) is 4.92. The summed E-state index contributed by atoms with van der Waals surface area (Å²) >= 11 is 0. The van der Waals surface area contributed by atoms with Gasteiger partial charge >= 0.3 is 0 Å². The Hall–Kier alpha value is -5.23. The fraction of sp³-hybridized carbons (Fsp3) is 0.242. The van der Waals surface area contributed by atoms with Gasteiger partial charge in [-0.25, -0.2) is 13.8 Å². The van der Waals surface area contributed by atoms with E-state index in [-0.39, 0.29) is 11.5 Å². The van der Waals surface area contributed by atoms with E-state index in [4.69, 9.17) is 4.98 Å². The Kier molecular flexibility index (Phi) is 7.75. The van der Waals surface area contributed by atoms with Gasteiger partial charge in [-0.05, 0) is 50.5 Å². The van der Waals surface area contributed by atoms with E-state index in [2.05, 4.69) is 35.8 Å². The van der Waals surface area contributed by atoms with Crippen LogP contribution >= 0.6 is 0 Å². The number of imidazole rings is 1. The molecule has 0 atom stereocenters. The molecule has 1 amide bonds. The van der Waals surface area contributed by atoms with E-state index in [1.165, 1.54) is 24.4 Å². The number of nitrogens with one attached hydrogen (secondary N) is 4. The predicted molar refractivity (Wildman–Crippen MR) is 173 cm³/mol. The highest BCUT2D eigenvalue weighted by Crippen LogP contribution is 2.35. The monoisotopic (exact) mass is 609 g/mol. The van der Waals surface area contributed by atoms with Crippen molar-refractivity contribution in [2.45, 2.75) is 20.8 Å². The predicted octanol–water partition coefficient (Wildman–Crippen LogP) is 6.47. The van der Waals surface area contributed by atoms with E-state index in [0.717, 1.165) is 6.54 Å². The number of anilines is 2. The molecule has 4 heterocycles. The number of nitrogens with zero attached hydrogens (tertiary/aromatic N) is 5. The molecule has 0 unspecified atom stereocenters. The zero-order valence-electron chi connectivity index (χ0n) is 25.6. The Labute approximate surface area is 258 Å². The first-order valence-electron chi connectivity index (χ1n) is 14.5. The van der Waals surface area contributed by atoms with Crippen LogP contribution in [-0.4, -0.2) is 68.1 Å². The van der Waals surface area contributed by atoms with Crippen LogP contribution in [0.5, 0.6) is 0 Å². The van der Waals surface area contributed by atoms with E-state index in [1.807, 2.05) is 45.8 Å². The van der Waals surface area contributed by atoms with E-state index in [1.54, 1.807) is 30.6 Å². The summed E-state index contributed by atoms with van der Waals surface area (Å²) in [5, 5.41) is 14.1. The van der Waals surface area contributed by atoms with E-state index < -0.39 is 17.0 Å². The number of likely N-dealkylation sites (N-methyl/N-ethyl adjacent to an activating group) is 1. The van der Waals surface area contributed by atoms with Crippen LogP contribution in [0.3, 0.4) is 0 Å². The molecule has 0 aliphatic heterocycles. The maximum absolute atomic E-state index is 15.4. The highest BCUT2D eigenvalue weighted by molar-refractivity contribution is 5.98. The zero-order chi connectivity index (χ0) is 31.9. The molecule has 0 aliphatic carbocycles. The fourth-order valence-corrected chi connectivity index (χ4v) is 4.92. The molecule has 2 aromatic carbocycles. The lowest BCUT2D eigenvalue weighted by Gasteiger charge is -2.17. The van der Waals surface area contributed by atoms with Crippen LogP contribution < -0.4 is 10.6 Å². The number of carbonyl (C=O) groups excluding carboxylic acids is 1. The van der Waals surface area contributed by atoms with Gasteiger partial charge < -0.3 is 20.5 Å². The second kappa shape index (κ2) is 11.7. The molecule has 230 valence electrons. The van der Waals surface area contributed by atoms with Gasteiger partial charge in [0.25, 0.3) is 0 Å². The van der Waals surface area contributed by atoms with Gasteiger partial charge in [0.1, 0.15) is 22.8 Å². The molecular formula is C33H33F2N9O. The average Bonchev–Trinajstić information content (AvgIpc) is 3.59. The molecule has 6 rings (SSSR count). The molecule has 0 aliphatic rings. The molecule has 0 fully saturated rings. The first kappa shape index (κ1) is 29.8. The standard InChI is InChI=1S/C33H33F2N9O/c1-33(2,3)32(45)39-22-12-19(16-36-17-22)23-14-24-27(15-25(23)35)42-43-29(24)31-40-26-6-7-38-28(30(26)41-31)18-10-20(34)13-21(11-18)37-8-9-44(4)5/h6-7,10-17,37H,8-9H2,1-5H3,(H,39,45)(H,40,41)(H,42,43). The third kappa shape index (κ3) is 6.22. The molecule has 10 nitrogen and oxygen atoms in total. The number of fused-ring (bicyclic) bond motifs is 2. The number of halogens is 2. The minimum atomic E-state index is -0.604. The first-order chi connectivity index (χ1) is 21.5. The van der Waals surface area contributed by atoms with Gasteiger partial charge in [-0.1, -0.05) is 20.8 Å². The molecule has 6 aromatic rings. The Morgan fingerprint density at radius 1 is 0.956 bits per heavy atom. The number of H-pyrrole nitrogens is 2. The minimum Gasteiger partial charge on any atom is -0.384 e. The molecule has 45 heavy (non-hydrogen) atoms. The summed E-state index contributed by atoms with van der Waals surface area (Å²) in [4.78, 5) is 31.4. The van der Waals surface area contributed by atoms with Crippen LogP contribution in [0.2, 0.25) is 0 Å². The number of carbonyl (C=O) groups is 1. The number of aromatic nitrogens is 6. The Morgan fingerprint density at radius 2 is 1.76 bits per heavy atom. The quantitative estimate of drug-likeness (QED) is 0.156. The third-order valence-electron chi connectivity index (χ3n) is 7.32. The maximum atomic E-state index is 15.4. The summed E-state index contributed by atoms with van der Waals surface area (Å²) in [6.45, 7) is 6.88. The zero-order valence-corrected chi connectivity index (χ0v) is 25.6. The Bertz CT molecular complexity index is 2040. The minimum absolute atomic E-state index is 0.178. The Morgan fingerprint density at radius 3 is 2.53 bits per heavy atom. The summed E-state index contributed by atoms with van der Waals surface area (Å²) in [5.74, 6) is -0.605. The second-order valence-electron chi connectivity index (χ2n) is 12.2. The van der Waals surface area contributed by atoms with Gasteiger partial charge in [0.15, 0.2) is 5.82 Å². The number of pyridine rings is 2. The van der Waals surface area contributed by atoms with Crippen molar-refractivity contribution >= 4 is 39.2 Å². The van der Waals surface area contributed by atoms with Crippen molar-refractivity contribution in [1.82, 2.24) is 35.0 Å². The normalized spacial score (nSPS) is 11.9. The topological polar surface area (TPSA) is 128 Å². The molecule has 4 N–H and O–H groups in total. The molecule has 12 heteroatoms. The SMILES string of the molecule is CN(C)CCNc1cc(F)cc(-c2nccc3[nH]c(-c4n[nH]c5cc(F)c(-c6cncc(NC(=O)C(C)(C)C)c6)cc45)nc23)c1. The van der Waals surface area contributed by atoms with Crippen molar-refractivity contribution < 1.29 is 13.6 Å². The number of hydrogen-bond acceptors (Lipinski definition) is 7. The number of rotatable bonds is 8. The van der Waals surface area contributed by atoms with E-state index in [0.29, 0.717) is 68.2 Å². The molecule has 0 spiro atoms. The summed E-state index contributed by atoms with van der Waals surface area (Å²) < 4.78 is 30.0. The molecule has 0 saturated carbocycles. The van der Waals surface area contributed by atoms with Crippen LogP contribution in [0.1, 0.15) is 20.8 Å². The van der Waals surface area contributed by atoms with Crippen LogP contribution in [0, 0.1) is 17.0 Å². The van der Waals surface area contributed by atoms with Gasteiger partial charge in [-0.2, -0.15) is 5.10 Å². The lowest BCUT2D eigenvalue weighted by atomic mass is 9.95. The average molecular weight is 610 g/mol. The number of benzene rings is 2. The highest BCUT2D eigenvalue weighted by Gasteiger charge is 2.22. The summed E-state index contributed by atoms with van der Waals surface area (Å²) in [5.41, 5.74) is 4.56. The third-order valence-corrected chi connectivity index (χ3v) is 7.32. The largest absolute Gasteiger partial charge is 0.384 e. The van der Waals surface area contributed by atoms with Gasteiger partial charge in [0.2, 0.25) is 5.91 Å². The number of aromatic amines is 2. The van der Waals surface area contributed by atoms with Crippen LogP contribution in [0.15, 0.2) is 61.1 Å². The maximum Gasteiger partial charge on any atom is 0.229 e. The smallest absolute Gasteiger partial charge is 0.229 e. The molecule has 0 radical (unpaired) electrons. The summed E-state index contributed by atoms with van der Waals surface area (Å²) in [6, 6.07) is 11.2. The van der Waals surface area contributed by atoms with E-state index in [9.17, 15) is 9.18 Å². The van der Waals surface area contributed by atoms with Gasteiger partial charge in [-0.3, -0.25) is 19.9 Å². The van der Waals surface area contributed by atoms with Crippen molar-refractivity contribution in [1.29, 1.82) is 0 Å². The van der Waals surface area contributed by atoms with Crippen LogP contribution in [0.25, 0.3) is 55.8 Å². The van der Waals surface area contributed by atoms with Crippen molar-refractivity contribution in [3.63, 3.8) is 0 Å². The van der Waals surface area contributed by atoms with Crippen LogP contribution in [-0.2, 0) is 4.79 Å². The second-order valence-corrected chi connectivity index (χ2v) is 12.2. The van der Waals surface area contributed by atoms with Gasteiger partial charge in [0, 0.05) is 64.7 Å². The highest BCUT2D eigenvalue weighted by atomic mass is 19.1. The molecule has 0 bridgehead atoms. The van der Waals surface area contributed by atoms with Crippen molar-refractivity contribution in [3.05, 3.63) is 72.7 Å². The molecule has 4 aromatic heterocycles. The lowest BCUT2D eigenvalue weighted by Crippen LogP contribution is -2.27. The van der Waals surface area contributed by atoms with Gasteiger partial charge in [-0.15, -0.1) is 0 Å². The van der Waals surface area contributed by atoms with Crippen LogP contribution in [0.4, 0.5) is 20.2 Å². The molecule has 0 saturated heterocycles. The van der Waals surface area contributed by atoms with Crippen molar-refractivity contribution in [2.24, 2.45) is 5.41 Å².